The Morgan fingerprint density at radius 3 is 2.71 bits per heavy atom. The Balaban J connectivity index is 1.90. The molecular formula is C21H16ClFN2O3. The summed E-state index contributed by atoms with van der Waals surface area (Å²) in [4.78, 5) is 27.8. The summed E-state index contributed by atoms with van der Waals surface area (Å²) in [5.41, 5.74) is 0.408. The molecule has 0 saturated heterocycles. The summed E-state index contributed by atoms with van der Waals surface area (Å²) in [5, 5.41) is 12.1. The first-order chi connectivity index (χ1) is 13.5. The van der Waals surface area contributed by atoms with Crippen molar-refractivity contribution in [3.8, 4) is 11.8 Å². The lowest BCUT2D eigenvalue weighted by molar-refractivity contribution is 0.0949. The molecule has 0 radical (unpaired) electrons. The first-order valence-corrected chi connectivity index (χ1v) is 8.84. The van der Waals surface area contributed by atoms with Crippen molar-refractivity contribution >= 4 is 28.4 Å². The summed E-state index contributed by atoms with van der Waals surface area (Å²) >= 11 is 5.83. The highest BCUT2D eigenvalue weighted by Crippen LogP contribution is 2.16. The number of hydrogen-bond acceptors (Lipinski definition) is 3. The van der Waals surface area contributed by atoms with Gasteiger partial charge in [0.05, 0.1) is 17.5 Å². The maximum atomic E-state index is 14.3. The minimum absolute atomic E-state index is 0.00644. The Morgan fingerprint density at radius 1 is 1.25 bits per heavy atom. The van der Waals surface area contributed by atoms with Gasteiger partial charge in [0.1, 0.15) is 11.4 Å². The van der Waals surface area contributed by atoms with E-state index in [0.29, 0.717) is 10.6 Å². The largest absolute Gasteiger partial charge is 0.395 e. The summed E-state index contributed by atoms with van der Waals surface area (Å²) in [6.07, 6.45) is 1.44. The minimum atomic E-state index is -0.643. The van der Waals surface area contributed by atoms with Gasteiger partial charge in [0, 0.05) is 29.7 Å². The molecule has 0 bridgehead atoms. The first-order valence-electron chi connectivity index (χ1n) is 8.47. The lowest BCUT2D eigenvalue weighted by Crippen LogP contribution is -2.28. The van der Waals surface area contributed by atoms with Crippen molar-refractivity contribution in [3.63, 3.8) is 0 Å². The lowest BCUT2D eigenvalue weighted by Gasteiger charge is -2.07. The van der Waals surface area contributed by atoms with Gasteiger partial charge < -0.3 is 15.4 Å². The van der Waals surface area contributed by atoms with Crippen LogP contribution in [0, 0.1) is 17.7 Å². The van der Waals surface area contributed by atoms with Crippen LogP contribution < -0.4 is 10.7 Å². The number of aromatic nitrogens is 1. The number of nitrogens with one attached hydrogen (secondary N) is 2. The van der Waals surface area contributed by atoms with Crippen molar-refractivity contribution in [2.24, 2.45) is 0 Å². The quantitative estimate of drug-likeness (QED) is 0.591. The zero-order chi connectivity index (χ0) is 20.1. The van der Waals surface area contributed by atoms with Gasteiger partial charge in [-0.2, -0.15) is 0 Å². The molecule has 0 fully saturated rings. The maximum absolute atomic E-state index is 14.3. The second-order valence-electron chi connectivity index (χ2n) is 6.00. The molecule has 7 heteroatoms. The van der Waals surface area contributed by atoms with Crippen molar-refractivity contribution in [2.75, 3.05) is 6.61 Å². The first kappa shape index (κ1) is 19.6. The molecule has 0 saturated carbocycles. The van der Waals surface area contributed by atoms with E-state index in [0.717, 1.165) is 5.56 Å². The fourth-order valence-corrected chi connectivity index (χ4v) is 2.75. The monoisotopic (exact) mass is 398 g/mol. The molecule has 0 spiro atoms. The summed E-state index contributed by atoms with van der Waals surface area (Å²) < 4.78 is 14.3. The highest BCUT2D eigenvalue weighted by Gasteiger charge is 2.15. The molecule has 0 unspecified atom stereocenters. The van der Waals surface area contributed by atoms with Gasteiger partial charge in [-0.25, -0.2) is 4.39 Å². The van der Waals surface area contributed by atoms with Crippen LogP contribution in [0.25, 0.3) is 10.9 Å². The number of carbonyl (C=O) groups excluding carboxylic acids is 1. The molecule has 3 rings (SSSR count). The number of pyridine rings is 1. The summed E-state index contributed by atoms with van der Waals surface area (Å²) in [6, 6.07) is 9.56. The van der Waals surface area contributed by atoms with Gasteiger partial charge in [0.15, 0.2) is 0 Å². The highest BCUT2D eigenvalue weighted by atomic mass is 35.5. The predicted molar refractivity (Wildman–Crippen MR) is 106 cm³/mol. The molecule has 0 atom stereocenters. The van der Waals surface area contributed by atoms with Crippen LogP contribution in [-0.4, -0.2) is 22.6 Å². The van der Waals surface area contributed by atoms with E-state index < -0.39 is 17.2 Å². The Labute approximate surface area is 165 Å². The van der Waals surface area contributed by atoms with E-state index in [1.807, 2.05) is 0 Å². The molecule has 28 heavy (non-hydrogen) atoms. The normalized spacial score (nSPS) is 10.4. The Bertz CT molecular complexity index is 1140. The third-order valence-corrected chi connectivity index (χ3v) is 4.27. The number of aromatic amines is 1. The topological polar surface area (TPSA) is 82.2 Å². The van der Waals surface area contributed by atoms with Crippen LogP contribution in [0.5, 0.6) is 0 Å². The smallest absolute Gasteiger partial charge is 0.257 e. The van der Waals surface area contributed by atoms with Gasteiger partial charge in [-0.1, -0.05) is 35.6 Å². The van der Waals surface area contributed by atoms with Crippen LogP contribution in [0.2, 0.25) is 5.02 Å². The van der Waals surface area contributed by atoms with E-state index in [9.17, 15) is 14.0 Å². The number of rotatable bonds is 4. The van der Waals surface area contributed by atoms with Crippen LogP contribution in [-0.2, 0) is 6.54 Å². The second kappa shape index (κ2) is 8.70. The fraction of sp³-hybridized carbons (Fsp3) is 0.143. The van der Waals surface area contributed by atoms with Crippen LogP contribution in [0.1, 0.15) is 27.9 Å². The molecule has 0 aliphatic heterocycles. The van der Waals surface area contributed by atoms with Crippen molar-refractivity contribution in [3.05, 3.63) is 80.3 Å². The number of amides is 1. The molecule has 0 aliphatic rings. The molecular weight excluding hydrogens is 383 g/mol. The van der Waals surface area contributed by atoms with Crippen LogP contribution in [0.3, 0.4) is 0 Å². The Morgan fingerprint density at radius 2 is 2.00 bits per heavy atom. The Kier molecular flexibility index (Phi) is 6.09. The third kappa shape index (κ3) is 4.39. The molecule has 1 aromatic heterocycles. The van der Waals surface area contributed by atoms with Gasteiger partial charge in [0.25, 0.3) is 5.91 Å². The Hall–Kier alpha value is -3.14. The summed E-state index contributed by atoms with van der Waals surface area (Å²) in [6.45, 7) is 0.107. The van der Waals surface area contributed by atoms with E-state index in [4.69, 9.17) is 16.7 Å². The van der Waals surface area contributed by atoms with Gasteiger partial charge in [-0.3, -0.25) is 9.59 Å². The van der Waals surface area contributed by atoms with E-state index in [1.54, 1.807) is 24.3 Å². The maximum Gasteiger partial charge on any atom is 0.257 e. The van der Waals surface area contributed by atoms with E-state index >= 15 is 0 Å². The van der Waals surface area contributed by atoms with Crippen LogP contribution in [0.4, 0.5) is 4.39 Å². The van der Waals surface area contributed by atoms with Crippen molar-refractivity contribution in [1.82, 2.24) is 10.3 Å². The number of carbonyl (C=O) groups is 1. The molecule has 0 aliphatic carbocycles. The number of halogens is 2. The zero-order valence-corrected chi connectivity index (χ0v) is 15.4. The zero-order valence-electron chi connectivity index (χ0n) is 14.7. The van der Waals surface area contributed by atoms with Gasteiger partial charge in [-0.05, 0) is 29.8 Å². The summed E-state index contributed by atoms with van der Waals surface area (Å²) in [7, 11) is 0. The standard InChI is InChI=1S/C21H16ClFN2O3/c22-15-6-4-13(5-7-15)11-25-21(28)17-12-24-19-16(20(17)27)9-14(10-18(19)23)3-1-2-8-26/h4-7,9-10,12,26H,2,8,11H2,(H,24,27)(H,25,28). The van der Waals surface area contributed by atoms with Gasteiger partial charge >= 0.3 is 0 Å². The SMILES string of the molecule is O=C(NCc1ccc(Cl)cc1)c1c[nH]c2c(F)cc(C#CCCO)cc2c1=O. The highest BCUT2D eigenvalue weighted by molar-refractivity contribution is 6.30. The number of aliphatic hydroxyl groups is 1. The van der Waals surface area contributed by atoms with E-state index in [1.165, 1.54) is 18.3 Å². The van der Waals surface area contributed by atoms with Gasteiger partial charge in [-0.15, -0.1) is 0 Å². The lowest BCUT2D eigenvalue weighted by atomic mass is 10.1. The number of H-pyrrole nitrogens is 1. The molecule has 2 aromatic carbocycles. The predicted octanol–water partition coefficient (Wildman–Crippen LogP) is 2.98. The average molecular weight is 399 g/mol. The minimum Gasteiger partial charge on any atom is -0.395 e. The molecule has 1 heterocycles. The van der Waals surface area contributed by atoms with Crippen LogP contribution >= 0.6 is 11.6 Å². The molecule has 3 N–H and O–H groups in total. The van der Waals surface area contributed by atoms with E-state index in [-0.39, 0.29) is 36.0 Å². The number of fused-ring (bicyclic) bond motifs is 1. The molecule has 142 valence electrons. The van der Waals surface area contributed by atoms with Gasteiger partial charge in [0.2, 0.25) is 5.43 Å². The third-order valence-electron chi connectivity index (χ3n) is 4.02. The molecule has 3 aromatic rings. The van der Waals surface area contributed by atoms with E-state index in [2.05, 4.69) is 22.1 Å². The van der Waals surface area contributed by atoms with Crippen molar-refractivity contribution in [1.29, 1.82) is 0 Å². The molecule has 1 amide bonds. The van der Waals surface area contributed by atoms with Crippen molar-refractivity contribution in [2.45, 2.75) is 13.0 Å². The second-order valence-corrected chi connectivity index (χ2v) is 6.43. The number of benzene rings is 2. The van der Waals surface area contributed by atoms with Crippen LogP contribution in [0.15, 0.2) is 47.4 Å². The fourth-order valence-electron chi connectivity index (χ4n) is 2.63. The number of aliphatic hydroxyl groups excluding tert-OH is 1. The average Bonchev–Trinajstić information content (AvgIpc) is 2.68. The summed E-state index contributed by atoms with van der Waals surface area (Å²) in [5.74, 6) is 4.15. The number of hydrogen-bond donors (Lipinski definition) is 3. The molecule has 5 nitrogen and oxygen atoms in total. The van der Waals surface area contributed by atoms with Crippen molar-refractivity contribution < 1.29 is 14.3 Å².